The Hall–Kier alpha value is -0.820. The van der Waals surface area contributed by atoms with Gasteiger partial charge in [-0.15, -0.1) is 6.58 Å². The van der Waals surface area contributed by atoms with E-state index < -0.39 is 0 Å². The Labute approximate surface area is 229 Å². The molecule has 0 amide bonds. The fraction of sp³-hybridized carbons (Fsp3) is 0.833. The van der Waals surface area contributed by atoms with E-state index in [1.807, 2.05) is 0 Å². The van der Waals surface area contributed by atoms with Crippen molar-refractivity contribution >= 4 is 0 Å². The smallest absolute Gasteiger partial charge is 0.0594 e. The van der Waals surface area contributed by atoms with Crippen LogP contribution >= 0.6 is 0 Å². The lowest BCUT2D eigenvalue weighted by Crippen LogP contribution is -2.66. The molecular weight excluding hydrogens is 448 g/mol. The summed E-state index contributed by atoms with van der Waals surface area (Å²) >= 11 is 0. The SMILES string of the molecule is C=C(C)CCC(=C)[C@]12CC[C@@H](C(=C)C)[C@@H]1[C@H]1CC[C@@H]3[C@@]4(C)CC[C@H](O)C(C)(C)[C@@H]4CC[C@@]3(C)[C@]1(C)CC2. The van der Waals surface area contributed by atoms with Crippen molar-refractivity contribution in [1.29, 1.82) is 0 Å². The first-order valence-corrected chi connectivity index (χ1v) is 15.8. The van der Waals surface area contributed by atoms with E-state index in [4.69, 9.17) is 6.58 Å². The van der Waals surface area contributed by atoms with Gasteiger partial charge in [0.1, 0.15) is 0 Å². The minimum Gasteiger partial charge on any atom is -0.393 e. The molecule has 0 unspecified atom stereocenters. The quantitative estimate of drug-likeness (QED) is 0.368. The molecule has 0 saturated heterocycles. The number of allylic oxidation sites excluding steroid dienone is 3. The first-order chi connectivity index (χ1) is 17.1. The molecule has 0 radical (unpaired) electrons. The average molecular weight is 507 g/mol. The normalized spacial score (nSPS) is 50.3. The van der Waals surface area contributed by atoms with Crippen LogP contribution in [-0.2, 0) is 0 Å². The molecule has 5 aliphatic carbocycles. The Morgan fingerprint density at radius 1 is 0.730 bits per heavy atom. The molecule has 0 aromatic carbocycles. The van der Waals surface area contributed by atoms with Gasteiger partial charge < -0.3 is 5.11 Å². The van der Waals surface area contributed by atoms with Gasteiger partial charge in [-0.1, -0.05) is 64.5 Å². The monoisotopic (exact) mass is 506 g/mol. The van der Waals surface area contributed by atoms with Crippen LogP contribution in [0.1, 0.15) is 126 Å². The lowest BCUT2D eigenvalue weighted by atomic mass is 9.32. The molecule has 0 aromatic heterocycles. The van der Waals surface area contributed by atoms with Gasteiger partial charge >= 0.3 is 0 Å². The van der Waals surface area contributed by atoms with Crippen LogP contribution in [-0.4, -0.2) is 11.2 Å². The van der Waals surface area contributed by atoms with Gasteiger partial charge in [0.2, 0.25) is 0 Å². The third kappa shape index (κ3) is 3.64. The second-order valence-electron chi connectivity index (χ2n) is 16.3. The molecule has 10 atom stereocenters. The van der Waals surface area contributed by atoms with Crippen LogP contribution in [0.3, 0.4) is 0 Å². The van der Waals surface area contributed by atoms with E-state index in [-0.39, 0.29) is 11.5 Å². The Kier molecular flexibility index (Phi) is 6.63. The molecule has 37 heavy (non-hydrogen) atoms. The minimum atomic E-state index is -0.141. The molecule has 1 N–H and O–H groups in total. The maximum Gasteiger partial charge on any atom is 0.0594 e. The number of hydrogen-bond donors (Lipinski definition) is 1. The summed E-state index contributed by atoms with van der Waals surface area (Å²) in [5, 5.41) is 11.0. The van der Waals surface area contributed by atoms with Crippen LogP contribution in [0.15, 0.2) is 36.5 Å². The van der Waals surface area contributed by atoms with Crippen molar-refractivity contribution in [2.45, 2.75) is 132 Å². The Bertz CT molecular complexity index is 971. The van der Waals surface area contributed by atoms with E-state index in [0.29, 0.717) is 39.4 Å². The standard InChI is InChI=1S/C36H58O/c1-23(2)11-12-25(5)36-20-15-26(24(3)4)31(36)27-13-14-29-33(8)18-17-30(37)32(6,7)28(33)16-19-35(29,10)34(27,9)21-22-36/h26-31,37H,1,3,5,11-22H2,2,4,6-10H3/t26-,27+,28-,29+,30-,31+,33-,34+,35+,36+/m0/s1. The van der Waals surface area contributed by atoms with Crippen molar-refractivity contribution in [1.82, 2.24) is 0 Å². The van der Waals surface area contributed by atoms with Crippen molar-refractivity contribution in [3.8, 4) is 0 Å². The molecule has 1 heteroatoms. The first-order valence-electron chi connectivity index (χ1n) is 15.8. The maximum absolute atomic E-state index is 11.0. The van der Waals surface area contributed by atoms with Crippen LogP contribution in [0, 0.1) is 56.7 Å². The summed E-state index contributed by atoms with van der Waals surface area (Å²) in [5.74, 6) is 3.56. The first kappa shape index (κ1) is 27.7. The van der Waals surface area contributed by atoms with Gasteiger partial charge in [-0.05, 0) is 148 Å². The third-order valence-electron chi connectivity index (χ3n) is 14.6. The van der Waals surface area contributed by atoms with E-state index in [1.165, 1.54) is 74.5 Å². The van der Waals surface area contributed by atoms with Crippen LogP contribution < -0.4 is 0 Å². The predicted octanol–water partition coefficient (Wildman–Crippen LogP) is 9.92. The summed E-state index contributed by atoms with van der Waals surface area (Å²) in [6, 6.07) is 0. The van der Waals surface area contributed by atoms with Crippen molar-refractivity contribution in [2.24, 2.45) is 56.7 Å². The average Bonchev–Trinajstić information content (AvgIpc) is 3.22. The summed E-state index contributed by atoms with van der Waals surface area (Å²) in [5.41, 5.74) is 5.72. The number of aliphatic hydroxyl groups excluding tert-OH is 1. The van der Waals surface area contributed by atoms with Gasteiger partial charge in [0.05, 0.1) is 6.10 Å². The van der Waals surface area contributed by atoms with Gasteiger partial charge in [0, 0.05) is 0 Å². The molecule has 0 aromatic rings. The summed E-state index contributed by atoms with van der Waals surface area (Å²) in [4.78, 5) is 0. The summed E-state index contributed by atoms with van der Waals surface area (Å²) in [6.45, 7) is 31.0. The molecule has 5 rings (SSSR count). The van der Waals surface area contributed by atoms with E-state index in [9.17, 15) is 5.11 Å². The largest absolute Gasteiger partial charge is 0.393 e. The highest BCUT2D eigenvalue weighted by molar-refractivity contribution is 5.28. The summed E-state index contributed by atoms with van der Waals surface area (Å²) in [7, 11) is 0. The molecule has 1 nitrogen and oxygen atoms in total. The third-order valence-corrected chi connectivity index (χ3v) is 14.6. The highest BCUT2D eigenvalue weighted by atomic mass is 16.3. The van der Waals surface area contributed by atoms with Crippen molar-refractivity contribution in [2.75, 3.05) is 0 Å². The fourth-order valence-electron chi connectivity index (χ4n) is 12.3. The molecule has 5 saturated carbocycles. The molecule has 0 spiro atoms. The van der Waals surface area contributed by atoms with E-state index in [2.05, 4.69) is 61.6 Å². The van der Waals surface area contributed by atoms with Gasteiger partial charge in [-0.3, -0.25) is 0 Å². The molecule has 5 aliphatic rings. The molecule has 208 valence electrons. The van der Waals surface area contributed by atoms with Gasteiger partial charge in [-0.2, -0.15) is 0 Å². The number of rotatable bonds is 5. The van der Waals surface area contributed by atoms with Crippen LogP contribution in [0.25, 0.3) is 0 Å². The Morgan fingerprint density at radius 2 is 1.43 bits per heavy atom. The van der Waals surface area contributed by atoms with Crippen LogP contribution in [0.4, 0.5) is 0 Å². The van der Waals surface area contributed by atoms with Gasteiger partial charge in [0.15, 0.2) is 0 Å². The number of hydrogen-bond acceptors (Lipinski definition) is 1. The van der Waals surface area contributed by atoms with E-state index in [1.54, 1.807) is 0 Å². The van der Waals surface area contributed by atoms with Crippen LogP contribution in [0.2, 0.25) is 0 Å². The number of aliphatic hydroxyl groups is 1. The number of fused-ring (bicyclic) bond motifs is 7. The topological polar surface area (TPSA) is 20.2 Å². The lowest BCUT2D eigenvalue weighted by molar-refractivity contribution is -0.245. The molecule has 0 aliphatic heterocycles. The Morgan fingerprint density at radius 3 is 2.08 bits per heavy atom. The molecule has 5 fully saturated rings. The van der Waals surface area contributed by atoms with Gasteiger partial charge in [0.25, 0.3) is 0 Å². The lowest BCUT2D eigenvalue weighted by Gasteiger charge is -2.73. The minimum absolute atomic E-state index is 0.0331. The Balaban J connectivity index is 1.53. The molecule has 0 heterocycles. The van der Waals surface area contributed by atoms with Gasteiger partial charge in [-0.25, -0.2) is 0 Å². The maximum atomic E-state index is 11.0. The molecule has 0 bridgehead atoms. The second-order valence-corrected chi connectivity index (χ2v) is 16.3. The van der Waals surface area contributed by atoms with E-state index >= 15 is 0 Å². The zero-order chi connectivity index (χ0) is 27.2. The zero-order valence-corrected chi connectivity index (χ0v) is 25.5. The van der Waals surface area contributed by atoms with E-state index in [0.717, 1.165) is 31.1 Å². The van der Waals surface area contributed by atoms with Crippen molar-refractivity contribution < 1.29 is 5.11 Å². The molecular formula is C36H58O. The second kappa shape index (κ2) is 8.84. The highest BCUT2D eigenvalue weighted by Crippen LogP contribution is 2.78. The predicted molar refractivity (Wildman–Crippen MR) is 158 cm³/mol. The fourth-order valence-corrected chi connectivity index (χ4v) is 12.3. The zero-order valence-electron chi connectivity index (χ0n) is 25.5. The van der Waals surface area contributed by atoms with Crippen molar-refractivity contribution in [3.05, 3.63) is 36.5 Å². The summed E-state index contributed by atoms with van der Waals surface area (Å²) in [6.07, 6.45) is 15.0. The van der Waals surface area contributed by atoms with Crippen LogP contribution in [0.5, 0.6) is 0 Å². The highest BCUT2D eigenvalue weighted by Gasteiger charge is 2.71. The van der Waals surface area contributed by atoms with Crippen molar-refractivity contribution in [3.63, 3.8) is 0 Å². The summed E-state index contributed by atoms with van der Waals surface area (Å²) < 4.78 is 0.